The predicted molar refractivity (Wildman–Crippen MR) is 167 cm³/mol. The highest BCUT2D eigenvalue weighted by atomic mass is 35.5. The van der Waals surface area contributed by atoms with Crippen LogP contribution in [0.3, 0.4) is 0 Å². The van der Waals surface area contributed by atoms with E-state index in [1.54, 1.807) is 35.2 Å². The maximum atomic E-state index is 13.9. The van der Waals surface area contributed by atoms with Gasteiger partial charge in [-0.05, 0) is 50.2 Å². The molecule has 6 rings (SSSR count). The van der Waals surface area contributed by atoms with E-state index in [-0.39, 0.29) is 17.9 Å². The Morgan fingerprint density at radius 3 is 2.52 bits per heavy atom. The number of halogens is 2. The molecule has 0 radical (unpaired) electrons. The van der Waals surface area contributed by atoms with E-state index in [9.17, 15) is 9.59 Å². The molecule has 12 heteroatoms. The molecular formula is C30H28Cl2N6O3S. The number of carbonyl (C=O) groups excluding carboxylic acids is 1. The second-order valence-electron chi connectivity index (χ2n) is 10.1. The SMILES string of the molecule is COc1ccccc1N1CCN(C(=O)Cc2csc3nc(C)c(-c4cc(C)n(-c5ccc(Cl)c(Cl)c5)n4)c(=O)n23)CC1. The van der Waals surface area contributed by atoms with Gasteiger partial charge in [0.05, 0.1) is 46.2 Å². The Morgan fingerprint density at radius 2 is 1.79 bits per heavy atom. The van der Waals surface area contributed by atoms with Crippen LogP contribution in [0.25, 0.3) is 21.9 Å². The van der Waals surface area contributed by atoms with Crippen LogP contribution in [-0.4, -0.2) is 63.3 Å². The first-order valence-corrected chi connectivity index (χ1v) is 15.1. The van der Waals surface area contributed by atoms with E-state index in [0.29, 0.717) is 63.8 Å². The summed E-state index contributed by atoms with van der Waals surface area (Å²) in [5.41, 5.74) is 4.41. The topological polar surface area (TPSA) is 85.0 Å². The molecule has 1 amide bonds. The normalized spacial score (nSPS) is 13.6. The van der Waals surface area contributed by atoms with Gasteiger partial charge in [0.1, 0.15) is 11.4 Å². The number of aryl methyl sites for hydroxylation is 2. The highest BCUT2D eigenvalue weighted by Crippen LogP contribution is 2.29. The molecule has 9 nitrogen and oxygen atoms in total. The molecule has 216 valence electrons. The molecule has 5 aromatic rings. The van der Waals surface area contributed by atoms with Crippen molar-refractivity contribution >= 4 is 51.1 Å². The standard InChI is InChI=1S/C30H28Cl2N6O3S/c1-18-14-24(34-38(18)20-8-9-22(31)23(32)15-20)28-19(2)33-30-37(29(28)40)21(17-42-30)16-27(39)36-12-10-35(11-13-36)25-6-4-5-7-26(25)41-3/h4-9,14-15,17H,10-13,16H2,1-3H3. The summed E-state index contributed by atoms with van der Waals surface area (Å²) in [6.07, 6.45) is 0.107. The minimum absolute atomic E-state index is 0.0249. The van der Waals surface area contributed by atoms with Gasteiger partial charge in [-0.3, -0.25) is 14.0 Å². The number of anilines is 1. The van der Waals surface area contributed by atoms with E-state index in [0.717, 1.165) is 22.8 Å². The Hall–Kier alpha value is -3.86. The van der Waals surface area contributed by atoms with Crippen LogP contribution in [-0.2, 0) is 11.2 Å². The highest BCUT2D eigenvalue weighted by molar-refractivity contribution is 7.15. The van der Waals surface area contributed by atoms with Crippen molar-refractivity contribution in [3.8, 4) is 22.7 Å². The van der Waals surface area contributed by atoms with E-state index >= 15 is 0 Å². The van der Waals surface area contributed by atoms with Gasteiger partial charge in [0.2, 0.25) is 5.91 Å². The fourth-order valence-corrected chi connectivity index (χ4v) is 6.57. The average molecular weight is 624 g/mol. The van der Waals surface area contributed by atoms with E-state index in [4.69, 9.17) is 38.0 Å². The van der Waals surface area contributed by atoms with E-state index in [1.165, 1.54) is 11.3 Å². The van der Waals surface area contributed by atoms with Crippen LogP contribution in [0.1, 0.15) is 17.1 Å². The average Bonchev–Trinajstić information content (AvgIpc) is 3.57. The Morgan fingerprint density at radius 1 is 1.02 bits per heavy atom. The van der Waals surface area contributed by atoms with Crippen molar-refractivity contribution in [2.75, 3.05) is 38.2 Å². The lowest BCUT2D eigenvalue weighted by molar-refractivity contribution is -0.130. The fourth-order valence-electron chi connectivity index (χ4n) is 5.35. The van der Waals surface area contributed by atoms with Crippen molar-refractivity contribution in [3.63, 3.8) is 0 Å². The summed E-state index contributed by atoms with van der Waals surface area (Å²) >= 11 is 13.7. The third-order valence-electron chi connectivity index (χ3n) is 7.50. The minimum Gasteiger partial charge on any atom is -0.495 e. The molecule has 0 aliphatic carbocycles. The van der Waals surface area contributed by atoms with Gasteiger partial charge < -0.3 is 14.5 Å². The quantitative estimate of drug-likeness (QED) is 0.251. The number of para-hydroxylation sites is 2. The Labute approximate surface area is 256 Å². The van der Waals surface area contributed by atoms with Gasteiger partial charge in [-0.15, -0.1) is 11.3 Å². The number of fused-ring (bicyclic) bond motifs is 1. The number of thiazole rings is 1. The second-order valence-corrected chi connectivity index (χ2v) is 11.8. The van der Waals surface area contributed by atoms with Crippen LogP contribution in [0.2, 0.25) is 10.0 Å². The maximum Gasteiger partial charge on any atom is 0.268 e. The first-order valence-electron chi connectivity index (χ1n) is 13.4. The molecule has 0 unspecified atom stereocenters. The monoisotopic (exact) mass is 622 g/mol. The summed E-state index contributed by atoms with van der Waals surface area (Å²) < 4.78 is 8.77. The summed E-state index contributed by atoms with van der Waals surface area (Å²) in [6.45, 7) is 6.27. The molecule has 1 aliphatic rings. The van der Waals surface area contributed by atoms with Gasteiger partial charge in [0, 0.05) is 42.9 Å². The number of amides is 1. The third kappa shape index (κ3) is 5.14. The molecule has 1 saturated heterocycles. The summed E-state index contributed by atoms with van der Waals surface area (Å²) in [5, 5.41) is 7.43. The van der Waals surface area contributed by atoms with Crippen LogP contribution in [0.4, 0.5) is 5.69 Å². The molecule has 0 atom stereocenters. The maximum absolute atomic E-state index is 13.9. The summed E-state index contributed by atoms with van der Waals surface area (Å²) in [7, 11) is 1.66. The minimum atomic E-state index is -0.249. The lowest BCUT2D eigenvalue weighted by Gasteiger charge is -2.36. The zero-order chi connectivity index (χ0) is 29.5. The molecule has 0 bridgehead atoms. The summed E-state index contributed by atoms with van der Waals surface area (Å²) in [6, 6.07) is 15.0. The van der Waals surface area contributed by atoms with Gasteiger partial charge in [-0.2, -0.15) is 5.10 Å². The van der Waals surface area contributed by atoms with Crippen molar-refractivity contribution in [1.29, 1.82) is 0 Å². The molecule has 1 aliphatic heterocycles. The summed E-state index contributed by atoms with van der Waals surface area (Å²) in [5.74, 6) is 0.792. The molecule has 42 heavy (non-hydrogen) atoms. The zero-order valence-corrected chi connectivity index (χ0v) is 25.6. The number of hydrogen-bond acceptors (Lipinski definition) is 7. The number of piperazine rings is 1. The van der Waals surface area contributed by atoms with Crippen molar-refractivity contribution in [3.05, 3.63) is 91.4 Å². The lowest BCUT2D eigenvalue weighted by atomic mass is 10.1. The van der Waals surface area contributed by atoms with Gasteiger partial charge in [0.25, 0.3) is 5.56 Å². The lowest BCUT2D eigenvalue weighted by Crippen LogP contribution is -2.49. The first-order chi connectivity index (χ1) is 20.2. The van der Waals surface area contributed by atoms with Crippen LogP contribution >= 0.6 is 34.5 Å². The van der Waals surface area contributed by atoms with Gasteiger partial charge in [-0.1, -0.05) is 35.3 Å². The molecule has 0 N–H and O–H groups in total. The molecule has 4 heterocycles. The molecule has 3 aromatic heterocycles. The smallest absolute Gasteiger partial charge is 0.268 e. The van der Waals surface area contributed by atoms with Crippen LogP contribution in [0.5, 0.6) is 5.75 Å². The van der Waals surface area contributed by atoms with Gasteiger partial charge in [-0.25, -0.2) is 9.67 Å². The van der Waals surface area contributed by atoms with Crippen LogP contribution in [0, 0.1) is 13.8 Å². The van der Waals surface area contributed by atoms with Crippen LogP contribution in [0.15, 0.2) is 58.7 Å². The number of nitrogens with zero attached hydrogens (tertiary/aromatic N) is 6. The summed E-state index contributed by atoms with van der Waals surface area (Å²) in [4.78, 5) is 36.6. The fraction of sp³-hybridized carbons (Fsp3) is 0.267. The first kappa shape index (κ1) is 28.3. The number of ether oxygens (including phenoxy) is 1. The molecule has 0 saturated carbocycles. The van der Waals surface area contributed by atoms with Crippen LogP contribution < -0.4 is 15.2 Å². The van der Waals surface area contributed by atoms with Crippen molar-refractivity contribution in [2.45, 2.75) is 20.3 Å². The number of rotatable bonds is 6. The highest BCUT2D eigenvalue weighted by Gasteiger charge is 2.25. The number of carbonyl (C=O) groups is 1. The zero-order valence-electron chi connectivity index (χ0n) is 23.3. The number of benzene rings is 2. The second kappa shape index (κ2) is 11.4. The van der Waals surface area contributed by atoms with Crippen molar-refractivity contribution < 1.29 is 9.53 Å². The molecule has 1 fully saturated rings. The van der Waals surface area contributed by atoms with E-state index in [1.807, 2.05) is 53.6 Å². The molecular weight excluding hydrogens is 595 g/mol. The number of aromatic nitrogens is 4. The molecule has 2 aromatic carbocycles. The Balaban J connectivity index is 1.25. The number of methoxy groups -OCH3 is 1. The van der Waals surface area contributed by atoms with Crippen molar-refractivity contribution in [2.24, 2.45) is 0 Å². The third-order valence-corrected chi connectivity index (χ3v) is 9.12. The van der Waals surface area contributed by atoms with E-state index < -0.39 is 0 Å². The van der Waals surface area contributed by atoms with Gasteiger partial charge in [0.15, 0.2) is 4.96 Å². The largest absolute Gasteiger partial charge is 0.495 e. The molecule has 0 spiro atoms. The Bertz CT molecular complexity index is 1870. The van der Waals surface area contributed by atoms with E-state index in [2.05, 4.69) is 4.90 Å². The van der Waals surface area contributed by atoms with Gasteiger partial charge >= 0.3 is 0 Å². The number of hydrogen-bond donors (Lipinski definition) is 0. The van der Waals surface area contributed by atoms with Crippen molar-refractivity contribution in [1.82, 2.24) is 24.1 Å². The predicted octanol–water partition coefficient (Wildman–Crippen LogP) is 5.43. The Kier molecular flexibility index (Phi) is 7.69.